The Morgan fingerprint density at radius 1 is 1.45 bits per heavy atom. The number of benzene rings is 1. The summed E-state index contributed by atoms with van der Waals surface area (Å²) in [6, 6.07) is 2.10. The summed E-state index contributed by atoms with van der Waals surface area (Å²) in [5.74, 6) is -0.893. The summed E-state index contributed by atoms with van der Waals surface area (Å²) in [7, 11) is -3.97. The minimum absolute atomic E-state index is 0.0744. The molecule has 1 fully saturated rings. The molecule has 20 heavy (non-hydrogen) atoms. The van der Waals surface area contributed by atoms with Gasteiger partial charge in [0, 0.05) is 6.54 Å². The van der Waals surface area contributed by atoms with Crippen LogP contribution in [-0.2, 0) is 10.0 Å². The molecule has 0 atom stereocenters. The van der Waals surface area contributed by atoms with E-state index in [0.717, 1.165) is 31.4 Å². The maximum absolute atomic E-state index is 13.9. The predicted octanol–water partition coefficient (Wildman–Crippen LogP) is 1.31. The number of hydrogen-bond donors (Lipinski definition) is 2. The van der Waals surface area contributed by atoms with E-state index in [2.05, 4.69) is 5.32 Å². The van der Waals surface area contributed by atoms with Gasteiger partial charge in [-0.3, -0.25) is 4.79 Å². The topological polar surface area (TPSA) is 89.3 Å². The average Bonchev–Trinajstić information content (AvgIpc) is 2.28. The molecule has 1 aromatic carbocycles. The number of carbonyl (C=O) groups excluding carboxylic acids is 1. The minimum atomic E-state index is -3.97. The summed E-state index contributed by atoms with van der Waals surface area (Å²) in [6.07, 6.45) is 3.26. The Labute approximate surface area is 117 Å². The van der Waals surface area contributed by atoms with Gasteiger partial charge in [-0.2, -0.15) is 0 Å². The van der Waals surface area contributed by atoms with Gasteiger partial charge in [0.1, 0.15) is 5.82 Å². The number of nitrogens with one attached hydrogen (secondary N) is 1. The van der Waals surface area contributed by atoms with Crippen LogP contribution in [0.25, 0.3) is 0 Å². The largest absolute Gasteiger partial charge is 0.352 e. The van der Waals surface area contributed by atoms with Gasteiger partial charge in [0.05, 0.1) is 10.5 Å². The molecule has 7 heteroatoms. The van der Waals surface area contributed by atoms with Crippen LogP contribution in [0.1, 0.15) is 35.2 Å². The maximum Gasteiger partial charge on any atom is 0.254 e. The van der Waals surface area contributed by atoms with Crippen LogP contribution in [0.4, 0.5) is 4.39 Å². The summed E-state index contributed by atoms with van der Waals surface area (Å²) in [6.45, 7) is 1.88. The molecule has 110 valence electrons. The Morgan fingerprint density at radius 3 is 2.60 bits per heavy atom. The van der Waals surface area contributed by atoms with Crippen molar-refractivity contribution in [1.29, 1.82) is 0 Å². The zero-order valence-corrected chi connectivity index (χ0v) is 12.0. The molecule has 0 unspecified atom stereocenters. The highest BCUT2D eigenvalue weighted by molar-refractivity contribution is 7.89. The average molecular weight is 300 g/mol. The molecule has 0 bridgehead atoms. The molecule has 0 aromatic heterocycles. The summed E-state index contributed by atoms with van der Waals surface area (Å²) >= 11 is 0. The van der Waals surface area contributed by atoms with Crippen LogP contribution in [0.3, 0.4) is 0 Å². The second-order valence-corrected chi connectivity index (χ2v) is 6.72. The van der Waals surface area contributed by atoms with E-state index >= 15 is 0 Å². The smallest absolute Gasteiger partial charge is 0.254 e. The molecular formula is C13H17FN2O3S. The summed E-state index contributed by atoms with van der Waals surface area (Å²) in [5, 5.41) is 7.65. The van der Waals surface area contributed by atoms with Crippen molar-refractivity contribution in [2.24, 2.45) is 11.1 Å². The fourth-order valence-electron chi connectivity index (χ4n) is 2.10. The van der Waals surface area contributed by atoms with Crippen molar-refractivity contribution >= 4 is 15.9 Å². The molecule has 1 saturated carbocycles. The first-order chi connectivity index (χ1) is 9.29. The van der Waals surface area contributed by atoms with Gasteiger partial charge in [-0.25, -0.2) is 17.9 Å². The first kappa shape index (κ1) is 14.9. The lowest BCUT2D eigenvalue weighted by Crippen LogP contribution is -2.33. The molecular weight excluding hydrogens is 283 g/mol. The summed E-state index contributed by atoms with van der Waals surface area (Å²) in [4.78, 5) is 11.7. The van der Waals surface area contributed by atoms with Crippen LogP contribution in [0.2, 0.25) is 0 Å². The van der Waals surface area contributed by atoms with Crippen LogP contribution in [0.15, 0.2) is 17.0 Å². The van der Waals surface area contributed by atoms with Gasteiger partial charge >= 0.3 is 0 Å². The number of carbonyl (C=O) groups is 1. The van der Waals surface area contributed by atoms with Crippen molar-refractivity contribution in [2.75, 3.05) is 6.54 Å². The van der Waals surface area contributed by atoms with Crippen LogP contribution in [-0.4, -0.2) is 20.9 Å². The van der Waals surface area contributed by atoms with E-state index < -0.39 is 21.7 Å². The normalized spacial score (nSPS) is 15.8. The number of halogens is 1. The highest BCUT2D eigenvalue weighted by atomic mass is 32.2. The van der Waals surface area contributed by atoms with Crippen LogP contribution < -0.4 is 10.5 Å². The van der Waals surface area contributed by atoms with Crippen molar-refractivity contribution in [3.05, 3.63) is 29.1 Å². The molecule has 1 aromatic rings. The van der Waals surface area contributed by atoms with Gasteiger partial charge in [0.25, 0.3) is 5.91 Å². The first-order valence-corrected chi connectivity index (χ1v) is 7.95. The van der Waals surface area contributed by atoms with Gasteiger partial charge in [0.15, 0.2) is 0 Å². The van der Waals surface area contributed by atoms with Gasteiger partial charge in [-0.05, 0) is 43.4 Å². The summed E-state index contributed by atoms with van der Waals surface area (Å²) in [5.41, 5.74) is -0.210. The van der Waals surface area contributed by atoms with E-state index in [1.807, 2.05) is 0 Å². The SMILES string of the molecule is Cc1cc(S(N)(=O)=O)cc(C(=O)NCC2CCC2)c1F. The number of nitrogens with two attached hydrogens (primary N) is 1. The maximum atomic E-state index is 13.9. The number of aryl methyl sites for hydroxylation is 1. The quantitative estimate of drug-likeness (QED) is 0.878. The Kier molecular flexibility index (Phi) is 4.10. The Morgan fingerprint density at radius 2 is 2.10 bits per heavy atom. The Balaban J connectivity index is 2.24. The second kappa shape index (κ2) is 5.49. The van der Waals surface area contributed by atoms with Crippen LogP contribution >= 0.6 is 0 Å². The fourth-order valence-corrected chi connectivity index (χ4v) is 2.72. The predicted molar refractivity (Wildman–Crippen MR) is 72.2 cm³/mol. The zero-order chi connectivity index (χ0) is 14.9. The molecule has 2 rings (SSSR count). The van der Waals surface area contributed by atoms with Crippen molar-refractivity contribution in [2.45, 2.75) is 31.1 Å². The van der Waals surface area contributed by atoms with Crippen molar-refractivity contribution < 1.29 is 17.6 Å². The third-order valence-corrected chi connectivity index (χ3v) is 4.47. The Bertz CT molecular complexity index is 639. The molecule has 3 N–H and O–H groups in total. The molecule has 1 aliphatic rings. The van der Waals surface area contributed by atoms with E-state index in [4.69, 9.17) is 5.14 Å². The van der Waals surface area contributed by atoms with E-state index in [9.17, 15) is 17.6 Å². The highest BCUT2D eigenvalue weighted by Crippen LogP contribution is 2.25. The third-order valence-electron chi connectivity index (χ3n) is 3.58. The number of amides is 1. The van der Waals surface area contributed by atoms with E-state index in [1.165, 1.54) is 6.92 Å². The molecule has 0 aliphatic heterocycles. The minimum Gasteiger partial charge on any atom is -0.352 e. The van der Waals surface area contributed by atoms with Gasteiger partial charge in [0.2, 0.25) is 10.0 Å². The molecule has 0 spiro atoms. The molecule has 0 saturated heterocycles. The monoisotopic (exact) mass is 300 g/mol. The van der Waals surface area contributed by atoms with Crippen molar-refractivity contribution in [3.63, 3.8) is 0 Å². The van der Waals surface area contributed by atoms with Gasteiger partial charge < -0.3 is 5.32 Å². The zero-order valence-electron chi connectivity index (χ0n) is 11.1. The van der Waals surface area contributed by atoms with Gasteiger partial charge in [-0.15, -0.1) is 0 Å². The van der Waals surface area contributed by atoms with E-state index in [-0.39, 0.29) is 16.0 Å². The van der Waals surface area contributed by atoms with Crippen LogP contribution in [0.5, 0.6) is 0 Å². The van der Waals surface area contributed by atoms with Crippen molar-refractivity contribution in [3.8, 4) is 0 Å². The fraction of sp³-hybridized carbons (Fsp3) is 0.462. The molecule has 0 heterocycles. The number of hydrogen-bond acceptors (Lipinski definition) is 3. The summed E-state index contributed by atoms with van der Waals surface area (Å²) < 4.78 is 36.6. The van der Waals surface area contributed by atoms with Crippen molar-refractivity contribution in [1.82, 2.24) is 5.32 Å². The standard InChI is InChI=1S/C13H17FN2O3S/c1-8-5-10(20(15,18)19)6-11(12(8)14)13(17)16-7-9-3-2-4-9/h5-6,9H,2-4,7H2,1H3,(H,16,17)(H2,15,18,19). The lowest BCUT2D eigenvalue weighted by atomic mass is 9.85. The van der Waals surface area contributed by atoms with E-state index in [0.29, 0.717) is 12.5 Å². The first-order valence-electron chi connectivity index (χ1n) is 6.40. The van der Waals surface area contributed by atoms with Crippen LogP contribution in [0, 0.1) is 18.7 Å². The number of primary sulfonamides is 1. The highest BCUT2D eigenvalue weighted by Gasteiger charge is 2.22. The molecule has 0 radical (unpaired) electrons. The lowest BCUT2D eigenvalue weighted by Gasteiger charge is -2.25. The molecule has 1 amide bonds. The number of sulfonamides is 1. The molecule has 5 nitrogen and oxygen atoms in total. The molecule has 1 aliphatic carbocycles. The Hall–Kier alpha value is -1.47. The lowest BCUT2D eigenvalue weighted by molar-refractivity contribution is 0.0934. The third kappa shape index (κ3) is 3.16. The van der Waals surface area contributed by atoms with E-state index in [1.54, 1.807) is 0 Å². The van der Waals surface area contributed by atoms with Gasteiger partial charge in [-0.1, -0.05) is 6.42 Å². The number of rotatable bonds is 4. The second-order valence-electron chi connectivity index (χ2n) is 5.15.